The van der Waals surface area contributed by atoms with E-state index in [0.29, 0.717) is 6.42 Å². The van der Waals surface area contributed by atoms with Gasteiger partial charge in [-0.15, -0.1) is 0 Å². The van der Waals surface area contributed by atoms with Crippen molar-refractivity contribution in [3.05, 3.63) is 0 Å². The van der Waals surface area contributed by atoms with Crippen LogP contribution in [-0.4, -0.2) is 23.3 Å². The molecule has 1 N–H and O–H groups in total. The van der Waals surface area contributed by atoms with E-state index in [4.69, 9.17) is 9.84 Å². The Morgan fingerprint density at radius 2 is 2.18 bits per heavy atom. The number of hydrogen-bond donors (Lipinski definition) is 1. The van der Waals surface area contributed by atoms with Gasteiger partial charge in [-0.25, -0.2) is 0 Å². The number of aliphatic carboxylic acids is 1. The van der Waals surface area contributed by atoms with E-state index < -0.39 is 11.4 Å². The average Bonchev–Trinajstić information content (AvgIpc) is 2.08. The third-order valence-electron chi connectivity index (χ3n) is 2.53. The van der Waals surface area contributed by atoms with Crippen LogP contribution in [0.25, 0.3) is 0 Å². The lowest BCUT2D eigenvalue weighted by Crippen LogP contribution is -2.33. The normalized spacial score (nSPS) is 44.3. The van der Waals surface area contributed by atoms with Crippen molar-refractivity contribution < 1.29 is 14.6 Å². The van der Waals surface area contributed by atoms with E-state index in [1.807, 2.05) is 13.8 Å². The molecule has 0 aromatic rings. The maximum atomic E-state index is 10.8. The van der Waals surface area contributed by atoms with Gasteiger partial charge in [0.1, 0.15) is 0 Å². The summed E-state index contributed by atoms with van der Waals surface area (Å²) in [6, 6.07) is 0. The van der Waals surface area contributed by atoms with Crippen LogP contribution in [-0.2, 0) is 9.53 Å². The lowest BCUT2D eigenvalue weighted by Gasteiger charge is -2.21. The van der Waals surface area contributed by atoms with Gasteiger partial charge in [-0.05, 0) is 27.2 Å². The Morgan fingerprint density at radius 1 is 1.64 bits per heavy atom. The third kappa shape index (κ3) is 1.25. The van der Waals surface area contributed by atoms with E-state index in [2.05, 4.69) is 0 Å². The highest BCUT2D eigenvalue weighted by Gasteiger charge is 2.46. The van der Waals surface area contributed by atoms with Crippen molar-refractivity contribution >= 4 is 5.97 Å². The molecule has 0 spiro atoms. The fourth-order valence-corrected chi connectivity index (χ4v) is 1.57. The van der Waals surface area contributed by atoms with Crippen LogP contribution in [0.5, 0.6) is 0 Å². The SMILES string of the molecule is C[C@@H]1C[C@@](C)(C(=O)O)[C@@H](C)O1. The molecule has 0 aromatic carbocycles. The highest BCUT2D eigenvalue weighted by atomic mass is 16.5. The zero-order valence-corrected chi connectivity index (χ0v) is 7.13. The Labute approximate surface area is 66.4 Å². The first-order chi connectivity index (χ1) is 4.97. The number of hydrogen-bond acceptors (Lipinski definition) is 2. The molecular formula is C8H14O3. The van der Waals surface area contributed by atoms with Gasteiger partial charge < -0.3 is 9.84 Å². The molecule has 0 radical (unpaired) electrons. The smallest absolute Gasteiger partial charge is 0.312 e. The van der Waals surface area contributed by atoms with Crippen molar-refractivity contribution in [2.24, 2.45) is 5.41 Å². The first-order valence-corrected chi connectivity index (χ1v) is 3.85. The monoisotopic (exact) mass is 158 g/mol. The van der Waals surface area contributed by atoms with Gasteiger partial charge >= 0.3 is 5.97 Å². The summed E-state index contributed by atoms with van der Waals surface area (Å²) in [5, 5.41) is 8.88. The summed E-state index contributed by atoms with van der Waals surface area (Å²) < 4.78 is 5.36. The van der Waals surface area contributed by atoms with Gasteiger partial charge in [0, 0.05) is 0 Å². The molecule has 0 bridgehead atoms. The molecule has 1 aliphatic rings. The second kappa shape index (κ2) is 2.48. The molecule has 1 aliphatic heterocycles. The zero-order chi connectivity index (χ0) is 8.65. The lowest BCUT2D eigenvalue weighted by atomic mass is 9.83. The average molecular weight is 158 g/mol. The molecular weight excluding hydrogens is 144 g/mol. The van der Waals surface area contributed by atoms with Crippen LogP contribution in [0.3, 0.4) is 0 Å². The largest absolute Gasteiger partial charge is 0.481 e. The highest BCUT2D eigenvalue weighted by Crippen LogP contribution is 2.38. The Bertz CT molecular complexity index is 178. The fourth-order valence-electron chi connectivity index (χ4n) is 1.57. The van der Waals surface area contributed by atoms with E-state index in [1.54, 1.807) is 6.92 Å². The second-order valence-corrected chi connectivity index (χ2v) is 3.52. The van der Waals surface area contributed by atoms with Gasteiger partial charge in [-0.1, -0.05) is 0 Å². The van der Waals surface area contributed by atoms with Gasteiger partial charge in [-0.2, -0.15) is 0 Å². The fraction of sp³-hybridized carbons (Fsp3) is 0.875. The maximum absolute atomic E-state index is 10.8. The molecule has 0 saturated carbocycles. The first kappa shape index (κ1) is 8.53. The third-order valence-corrected chi connectivity index (χ3v) is 2.53. The van der Waals surface area contributed by atoms with Crippen molar-refractivity contribution in [2.75, 3.05) is 0 Å². The van der Waals surface area contributed by atoms with Crippen LogP contribution < -0.4 is 0 Å². The second-order valence-electron chi connectivity index (χ2n) is 3.52. The summed E-state index contributed by atoms with van der Waals surface area (Å²) in [4.78, 5) is 10.8. The quantitative estimate of drug-likeness (QED) is 0.625. The summed E-state index contributed by atoms with van der Waals surface area (Å²) in [5.41, 5.74) is -0.681. The minimum absolute atomic E-state index is 0.0751. The van der Waals surface area contributed by atoms with Crippen LogP contribution in [0.15, 0.2) is 0 Å². The van der Waals surface area contributed by atoms with Crippen LogP contribution >= 0.6 is 0 Å². The Kier molecular flexibility index (Phi) is 1.92. The van der Waals surface area contributed by atoms with Crippen molar-refractivity contribution in [1.82, 2.24) is 0 Å². The van der Waals surface area contributed by atoms with E-state index in [-0.39, 0.29) is 12.2 Å². The molecule has 1 saturated heterocycles. The zero-order valence-electron chi connectivity index (χ0n) is 7.13. The number of rotatable bonds is 1. The van der Waals surface area contributed by atoms with Crippen molar-refractivity contribution in [2.45, 2.75) is 39.4 Å². The van der Waals surface area contributed by atoms with E-state index in [1.165, 1.54) is 0 Å². The number of carbonyl (C=O) groups is 1. The molecule has 3 nitrogen and oxygen atoms in total. The molecule has 1 rings (SSSR count). The highest BCUT2D eigenvalue weighted by molar-refractivity contribution is 5.75. The van der Waals surface area contributed by atoms with Gasteiger partial charge in [-0.3, -0.25) is 4.79 Å². The van der Waals surface area contributed by atoms with E-state index in [0.717, 1.165) is 0 Å². The maximum Gasteiger partial charge on any atom is 0.312 e. The molecule has 0 unspecified atom stereocenters. The standard InChI is InChI=1S/C8H14O3/c1-5-4-8(3,7(9)10)6(2)11-5/h5-6H,4H2,1-3H3,(H,9,10)/t5-,6-,8-/m1/s1. The molecule has 0 amide bonds. The Balaban J connectivity index is 2.79. The lowest BCUT2D eigenvalue weighted by molar-refractivity contribution is -0.150. The molecule has 0 aliphatic carbocycles. The topological polar surface area (TPSA) is 46.5 Å². The molecule has 3 heteroatoms. The van der Waals surface area contributed by atoms with Crippen LogP contribution in [0.2, 0.25) is 0 Å². The van der Waals surface area contributed by atoms with E-state index >= 15 is 0 Å². The molecule has 11 heavy (non-hydrogen) atoms. The Hall–Kier alpha value is -0.570. The number of carboxylic acid groups (broad SMARTS) is 1. The van der Waals surface area contributed by atoms with Crippen LogP contribution in [0.4, 0.5) is 0 Å². The summed E-state index contributed by atoms with van der Waals surface area (Å²) in [6.45, 7) is 5.46. The molecule has 1 heterocycles. The van der Waals surface area contributed by atoms with Crippen molar-refractivity contribution in [3.8, 4) is 0 Å². The summed E-state index contributed by atoms with van der Waals surface area (Å²) in [5.74, 6) is -0.755. The number of ether oxygens (including phenoxy) is 1. The van der Waals surface area contributed by atoms with Gasteiger partial charge in [0.05, 0.1) is 17.6 Å². The summed E-state index contributed by atoms with van der Waals surface area (Å²) in [7, 11) is 0. The molecule has 0 aromatic heterocycles. The predicted molar refractivity (Wildman–Crippen MR) is 40.4 cm³/mol. The van der Waals surface area contributed by atoms with E-state index in [9.17, 15) is 4.79 Å². The first-order valence-electron chi connectivity index (χ1n) is 3.85. The van der Waals surface area contributed by atoms with Gasteiger partial charge in [0.15, 0.2) is 0 Å². The minimum Gasteiger partial charge on any atom is -0.481 e. The molecule has 1 fully saturated rings. The summed E-state index contributed by atoms with van der Waals surface area (Å²) in [6.07, 6.45) is 0.518. The van der Waals surface area contributed by atoms with Crippen molar-refractivity contribution in [1.29, 1.82) is 0 Å². The summed E-state index contributed by atoms with van der Waals surface area (Å²) >= 11 is 0. The number of carboxylic acids is 1. The van der Waals surface area contributed by atoms with Gasteiger partial charge in [0.25, 0.3) is 0 Å². The minimum atomic E-state index is -0.755. The van der Waals surface area contributed by atoms with Crippen LogP contribution in [0.1, 0.15) is 27.2 Å². The Morgan fingerprint density at radius 3 is 2.36 bits per heavy atom. The van der Waals surface area contributed by atoms with Crippen LogP contribution in [0, 0.1) is 5.41 Å². The molecule has 3 atom stereocenters. The molecule has 64 valence electrons. The predicted octanol–water partition coefficient (Wildman–Crippen LogP) is 1.27. The van der Waals surface area contributed by atoms with Gasteiger partial charge in [0.2, 0.25) is 0 Å². The van der Waals surface area contributed by atoms with Crippen molar-refractivity contribution in [3.63, 3.8) is 0 Å².